The summed E-state index contributed by atoms with van der Waals surface area (Å²) in [5.74, 6) is 3.36. The SMILES string of the molecule is N#Cc1cccc(-c2cccc(-c3nc(-c4ccccc4)nc(-c4cccc(-c5ccc6c(c5)Oc5ccccc5C6(c5ccccc5)c5ccccc5)c4)n3)c2)c1. The van der Waals surface area contributed by atoms with Crippen molar-refractivity contribution in [1.29, 1.82) is 5.26 Å². The van der Waals surface area contributed by atoms with Crippen LogP contribution in [0.3, 0.4) is 0 Å². The molecule has 0 N–H and O–H groups in total. The maximum atomic E-state index is 9.52. The molecule has 0 radical (unpaired) electrons. The highest BCUT2D eigenvalue weighted by Gasteiger charge is 2.45. The van der Waals surface area contributed by atoms with Gasteiger partial charge in [-0.2, -0.15) is 5.26 Å². The zero-order valence-electron chi connectivity index (χ0n) is 31.3. The molecule has 0 unspecified atom stereocenters. The molecule has 0 saturated heterocycles. The van der Waals surface area contributed by atoms with Crippen molar-refractivity contribution in [2.45, 2.75) is 5.41 Å². The molecule has 1 aliphatic rings. The molecular weight excluding hydrogens is 709 g/mol. The normalized spacial score (nSPS) is 12.4. The Morgan fingerprint density at radius 3 is 1.41 bits per heavy atom. The van der Waals surface area contributed by atoms with E-state index >= 15 is 0 Å². The first-order chi connectivity index (χ1) is 28.7. The Hall–Kier alpha value is -7.94. The van der Waals surface area contributed by atoms with E-state index in [1.54, 1.807) is 0 Å². The Balaban J connectivity index is 1.09. The van der Waals surface area contributed by atoms with E-state index < -0.39 is 5.41 Å². The fraction of sp³-hybridized carbons (Fsp3) is 0.0189. The molecule has 2 heterocycles. The van der Waals surface area contributed by atoms with Gasteiger partial charge in [0, 0.05) is 27.8 Å². The minimum absolute atomic E-state index is 0.562. The average Bonchev–Trinajstić information content (AvgIpc) is 3.31. The van der Waals surface area contributed by atoms with Crippen molar-refractivity contribution < 1.29 is 4.74 Å². The summed E-state index contributed by atoms with van der Waals surface area (Å²) in [5, 5.41) is 9.52. The van der Waals surface area contributed by atoms with Gasteiger partial charge in [-0.25, -0.2) is 15.0 Å². The van der Waals surface area contributed by atoms with Crippen LogP contribution in [0.1, 0.15) is 27.8 Å². The van der Waals surface area contributed by atoms with E-state index in [0.717, 1.165) is 61.6 Å². The fourth-order valence-electron chi connectivity index (χ4n) is 8.18. The Labute approximate surface area is 337 Å². The minimum Gasteiger partial charge on any atom is -0.457 e. The van der Waals surface area contributed by atoms with Gasteiger partial charge in [-0.1, -0.05) is 170 Å². The van der Waals surface area contributed by atoms with Crippen molar-refractivity contribution >= 4 is 0 Å². The first-order valence-corrected chi connectivity index (χ1v) is 19.2. The third kappa shape index (κ3) is 6.10. The summed E-state index contributed by atoms with van der Waals surface area (Å²) < 4.78 is 6.79. The Kier molecular flexibility index (Phi) is 8.70. The molecule has 5 heteroatoms. The molecule has 0 aliphatic carbocycles. The van der Waals surface area contributed by atoms with Crippen molar-refractivity contribution in [3.63, 3.8) is 0 Å². The van der Waals surface area contributed by atoms with Crippen LogP contribution in [0.5, 0.6) is 11.5 Å². The predicted octanol–water partition coefficient (Wildman–Crippen LogP) is 12.6. The lowest BCUT2D eigenvalue weighted by Crippen LogP contribution is -2.34. The van der Waals surface area contributed by atoms with Crippen molar-refractivity contribution in [3.05, 3.63) is 234 Å². The second-order valence-electron chi connectivity index (χ2n) is 14.3. The molecule has 10 rings (SSSR count). The van der Waals surface area contributed by atoms with Crippen molar-refractivity contribution in [1.82, 2.24) is 15.0 Å². The predicted molar refractivity (Wildman–Crippen MR) is 230 cm³/mol. The number of hydrogen-bond acceptors (Lipinski definition) is 5. The van der Waals surface area contributed by atoms with E-state index in [2.05, 4.69) is 121 Å². The topological polar surface area (TPSA) is 71.7 Å². The second kappa shape index (κ2) is 14.6. The van der Waals surface area contributed by atoms with Gasteiger partial charge in [0.05, 0.1) is 17.0 Å². The molecule has 0 fully saturated rings. The Bertz CT molecular complexity index is 2950. The third-order valence-electron chi connectivity index (χ3n) is 10.9. The summed E-state index contributed by atoms with van der Waals surface area (Å²) in [7, 11) is 0. The van der Waals surface area contributed by atoms with Crippen molar-refractivity contribution in [3.8, 4) is 74.0 Å². The van der Waals surface area contributed by atoms with Gasteiger partial charge < -0.3 is 4.74 Å². The number of nitrogens with zero attached hydrogens (tertiary/aromatic N) is 4. The van der Waals surface area contributed by atoms with Gasteiger partial charge in [0.15, 0.2) is 17.5 Å². The molecule has 272 valence electrons. The lowest BCUT2D eigenvalue weighted by molar-refractivity contribution is 0.435. The first kappa shape index (κ1) is 34.5. The Morgan fingerprint density at radius 1 is 0.362 bits per heavy atom. The molecule has 0 spiro atoms. The molecule has 0 bridgehead atoms. The summed E-state index contributed by atoms with van der Waals surface area (Å²) >= 11 is 0. The highest BCUT2D eigenvalue weighted by molar-refractivity contribution is 5.78. The maximum Gasteiger partial charge on any atom is 0.164 e. The molecule has 5 nitrogen and oxygen atoms in total. The summed E-state index contributed by atoms with van der Waals surface area (Å²) in [6.45, 7) is 0. The molecule has 9 aromatic rings. The van der Waals surface area contributed by atoms with Crippen LogP contribution in [0.2, 0.25) is 0 Å². The minimum atomic E-state index is -0.585. The highest BCUT2D eigenvalue weighted by atomic mass is 16.5. The molecule has 0 amide bonds. The summed E-state index contributed by atoms with van der Waals surface area (Å²) in [5.41, 5.74) is 11.1. The number of hydrogen-bond donors (Lipinski definition) is 0. The van der Waals surface area contributed by atoms with Crippen LogP contribution < -0.4 is 4.74 Å². The molecule has 8 aromatic carbocycles. The average molecular weight is 743 g/mol. The van der Waals surface area contributed by atoms with Gasteiger partial charge in [0.25, 0.3) is 0 Å². The number of benzene rings is 8. The summed E-state index contributed by atoms with van der Waals surface area (Å²) in [4.78, 5) is 15.1. The molecule has 0 saturated carbocycles. The van der Waals surface area contributed by atoms with Gasteiger partial charge in [0.2, 0.25) is 0 Å². The van der Waals surface area contributed by atoms with Gasteiger partial charge >= 0.3 is 0 Å². The molecule has 1 aromatic heterocycles. The van der Waals surface area contributed by atoms with Crippen LogP contribution >= 0.6 is 0 Å². The molecule has 1 aliphatic heterocycles. The van der Waals surface area contributed by atoms with E-state index in [1.807, 2.05) is 91.0 Å². The van der Waals surface area contributed by atoms with Crippen LogP contribution in [-0.4, -0.2) is 15.0 Å². The smallest absolute Gasteiger partial charge is 0.164 e. The quantitative estimate of drug-likeness (QED) is 0.163. The lowest BCUT2D eigenvalue weighted by atomic mass is 9.63. The number of aromatic nitrogens is 3. The van der Waals surface area contributed by atoms with Crippen LogP contribution in [0, 0.1) is 11.3 Å². The van der Waals surface area contributed by atoms with Gasteiger partial charge in [0.1, 0.15) is 11.5 Å². The van der Waals surface area contributed by atoms with Gasteiger partial charge in [-0.05, 0) is 69.8 Å². The highest BCUT2D eigenvalue weighted by Crippen LogP contribution is 2.55. The van der Waals surface area contributed by atoms with Crippen molar-refractivity contribution in [2.24, 2.45) is 0 Å². The fourth-order valence-corrected chi connectivity index (χ4v) is 8.18. The lowest BCUT2D eigenvalue weighted by Gasteiger charge is -2.41. The van der Waals surface area contributed by atoms with Crippen LogP contribution in [0.4, 0.5) is 0 Å². The summed E-state index contributed by atoms with van der Waals surface area (Å²) in [6.07, 6.45) is 0. The summed E-state index contributed by atoms with van der Waals surface area (Å²) in [6, 6.07) is 72.7. The zero-order valence-corrected chi connectivity index (χ0v) is 31.3. The van der Waals surface area contributed by atoms with E-state index in [9.17, 15) is 5.26 Å². The molecule has 58 heavy (non-hydrogen) atoms. The standard InChI is InChI=1S/C53H34N4O/c54-35-36-15-12-18-38(31-36)39-19-13-21-42(32-39)51-55-50(37-16-4-1-5-17-37)56-52(57-51)43-22-14-20-40(33-43)41-29-30-47-49(34-41)58-48-28-11-10-27-46(48)53(47,44-23-6-2-7-24-44)45-25-8-3-9-26-45/h1-34H. The van der Waals surface area contributed by atoms with E-state index in [4.69, 9.17) is 19.7 Å². The van der Waals surface area contributed by atoms with E-state index in [0.29, 0.717) is 23.0 Å². The largest absolute Gasteiger partial charge is 0.457 e. The number of ether oxygens (including phenoxy) is 1. The number of nitriles is 1. The monoisotopic (exact) mass is 742 g/mol. The first-order valence-electron chi connectivity index (χ1n) is 19.2. The molecular formula is C53H34N4O. The van der Waals surface area contributed by atoms with Gasteiger partial charge in [-0.15, -0.1) is 0 Å². The van der Waals surface area contributed by atoms with Gasteiger partial charge in [-0.3, -0.25) is 0 Å². The second-order valence-corrected chi connectivity index (χ2v) is 14.3. The third-order valence-corrected chi connectivity index (χ3v) is 10.9. The number of fused-ring (bicyclic) bond motifs is 2. The van der Waals surface area contributed by atoms with E-state index in [1.165, 1.54) is 11.1 Å². The number of rotatable bonds is 7. The van der Waals surface area contributed by atoms with Crippen molar-refractivity contribution in [2.75, 3.05) is 0 Å². The van der Waals surface area contributed by atoms with Crippen LogP contribution in [0.25, 0.3) is 56.4 Å². The zero-order chi connectivity index (χ0) is 38.9. The molecule has 0 atom stereocenters. The van der Waals surface area contributed by atoms with E-state index in [-0.39, 0.29) is 0 Å². The maximum absolute atomic E-state index is 9.52. The number of para-hydroxylation sites is 1. The van der Waals surface area contributed by atoms with Crippen LogP contribution in [-0.2, 0) is 5.41 Å². The Morgan fingerprint density at radius 2 is 0.810 bits per heavy atom. The van der Waals surface area contributed by atoms with Crippen LogP contribution in [0.15, 0.2) is 206 Å².